The zero-order valence-electron chi connectivity index (χ0n) is 14.2. The number of anilines is 1. The number of nitrogens with zero attached hydrogens (tertiary/aromatic N) is 2. The fourth-order valence-corrected chi connectivity index (χ4v) is 2.81. The van der Waals surface area contributed by atoms with Crippen LogP contribution in [0.3, 0.4) is 0 Å². The molecule has 2 amide bonds. The van der Waals surface area contributed by atoms with Crippen molar-refractivity contribution in [1.29, 1.82) is 0 Å². The van der Waals surface area contributed by atoms with E-state index in [0.29, 0.717) is 17.8 Å². The van der Waals surface area contributed by atoms with Gasteiger partial charge in [-0.3, -0.25) is 9.59 Å². The number of aromatic amines is 1. The lowest BCUT2D eigenvalue weighted by Crippen LogP contribution is -2.32. The number of amides is 2. The number of rotatable bonds is 3. The predicted molar refractivity (Wildman–Crippen MR) is 99.7 cm³/mol. The number of hydrogen-bond acceptors (Lipinski definition) is 4. The Bertz CT molecular complexity index is 1030. The molecule has 0 spiro atoms. The fraction of sp³-hybridized carbons (Fsp3) is 0.158. The van der Waals surface area contributed by atoms with Crippen LogP contribution >= 0.6 is 0 Å². The number of imidazole rings is 1. The van der Waals surface area contributed by atoms with Crippen LogP contribution in [0.4, 0.5) is 5.69 Å². The monoisotopic (exact) mass is 347 g/mol. The zero-order chi connectivity index (χ0) is 18.1. The van der Waals surface area contributed by atoms with Gasteiger partial charge in [0, 0.05) is 24.1 Å². The zero-order valence-corrected chi connectivity index (χ0v) is 14.2. The molecule has 26 heavy (non-hydrogen) atoms. The molecule has 0 atom stereocenters. The number of carbonyl (C=O) groups is 2. The maximum Gasteiger partial charge on any atom is 0.271 e. The minimum absolute atomic E-state index is 0.174. The first-order valence-corrected chi connectivity index (χ1v) is 8.32. The second kappa shape index (κ2) is 6.44. The normalized spacial score (nSPS) is 14.0. The van der Waals surface area contributed by atoms with E-state index in [0.717, 1.165) is 22.4 Å². The van der Waals surface area contributed by atoms with Crippen LogP contribution in [0, 0.1) is 6.92 Å². The predicted octanol–water partition coefficient (Wildman–Crippen LogP) is 2.74. The number of aryl methyl sites for hydroxylation is 1. The molecule has 4 rings (SSSR count). The van der Waals surface area contributed by atoms with Crippen molar-refractivity contribution in [2.45, 2.75) is 19.8 Å². The Hall–Kier alpha value is -3.48. The number of aromatic nitrogens is 2. The van der Waals surface area contributed by atoms with Crippen molar-refractivity contribution in [3.8, 4) is 11.4 Å². The second-order valence-corrected chi connectivity index (χ2v) is 6.23. The van der Waals surface area contributed by atoms with Gasteiger partial charge in [0.05, 0.1) is 11.0 Å². The van der Waals surface area contributed by atoms with E-state index in [9.17, 15) is 9.59 Å². The highest BCUT2D eigenvalue weighted by Crippen LogP contribution is 2.22. The topological polar surface area (TPSA) is 99.2 Å². The van der Waals surface area contributed by atoms with Crippen LogP contribution < -0.4 is 10.7 Å². The maximum absolute atomic E-state index is 12.2. The van der Waals surface area contributed by atoms with E-state index in [-0.39, 0.29) is 18.2 Å². The SMILES string of the molecule is Cc1ccc2nc(-c3ccc(NC(=O)C4=NNC(=O)CC4)cc3)[nH]c2c1. The molecule has 0 fully saturated rings. The van der Waals surface area contributed by atoms with E-state index in [4.69, 9.17) is 0 Å². The molecule has 0 unspecified atom stereocenters. The summed E-state index contributed by atoms with van der Waals surface area (Å²) < 4.78 is 0. The third kappa shape index (κ3) is 3.19. The van der Waals surface area contributed by atoms with Crippen molar-refractivity contribution >= 4 is 34.2 Å². The number of nitrogens with one attached hydrogen (secondary N) is 3. The molecule has 0 saturated carbocycles. The largest absolute Gasteiger partial charge is 0.338 e. The first kappa shape index (κ1) is 16.0. The summed E-state index contributed by atoms with van der Waals surface area (Å²) in [6.07, 6.45) is 0.616. The van der Waals surface area contributed by atoms with Crippen molar-refractivity contribution in [3.63, 3.8) is 0 Å². The van der Waals surface area contributed by atoms with Gasteiger partial charge in [0.15, 0.2) is 0 Å². The number of hydrogen-bond donors (Lipinski definition) is 3. The third-order valence-electron chi connectivity index (χ3n) is 4.22. The van der Waals surface area contributed by atoms with Gasteiger partial charge >= 0.3 is 0 Å². The molecule has 3 N–H and O–H groups in total. The highest BCUT2D eigenvalue weighted by Gasteiger charge is 2.18. The van der Waals surface area contributed by atoms with Crippen molar-refractivity contribution in [3.05, 3.63) is 48.0 Å². The molecular formula is C19H17N5O2. The average Bonchev–Trinajstić information content (AvgIpc) is 3.06. The Labute approximate surface area is 149 Å². The molecule has 2 aromatic carbocycles. The van der Waals surface area contributed by atoms with Gasteiger partial charge < -0.3 is 10.3 Å². The molecule has 1 aliphatic heterocycles. The van der Waals surface area contributed by atoms with Crippen molar-refractivity contribution in [2.75, 3.05) is 5.32 Å². The molecule has 130 valence electrons. The second-order valence-electron chi connectivity index (χ2n) is 6.23. The molecule has 2 heterocycles. The molecule has 0 aliphatic carbocycles. The smallest absolute Gasteiger partial charge is 0.271 e. The van der Waals surface area contributed by atoms with Gasteiger partial charge in [0.2, 0.25) is 5.91 Å². The van der Waals surface area contributed by atoms with E-state index in [1.165, 1.54) is 5.56 Å². The van der Waals surface area contributed by atoms with Gasteiger partial charge in [-0.1, -0.05) is 6.07 Å². The molecule has 7 heteroatoms. The van der Waals surface area contributed by atoms with E-state index in [1.54, 1.807) is 0 Å². The lowest BCUT2D eigenvalue weighted by molar-refractivity contribution is -0.121. The summed E-state index contributed by atoms with van der Waals surface area (Å²) >= 11 is 0. The molecule has 1 aliphatic rings. The fourth-order valence-electron chi connectivity index (χ4n) is 2.81. The summed E-state index contributed by atoms with van der Waals surface area (Å²) in [6.45, 7) is 2.04. The molecule has 0 bridgehead atoms. The highest BCUT2D eigenvalue weighted by molar-refractivity contribution is 6.43. The van der Waals surface area contributed by atoms with Crippen molar-refractivity contribution in [1.82, 2.24) is 15.4 Å². The summed E-state index contributed by atoms with van der Waals surface area (Å²) in [5.74, 6) is 0.298. The highest BCUT2D eigenvalue weighted by atomic mass is 16.2. The Morgan fingerprint density at radius 1 is 1.12 bits per heavy atom. The van der Waals surface area contributed by atoms with E-state index in [1.807, 2.05) is 43.3 Å². The Kier molecular flexibility index (Phi) is 3.96. The summed E-state index contributed by atoms with van der Waals surface area (Å²) in [6, 6.07) is 13.5. The summed E-state index contributed by atoms with van der Waals surface area (Å²) in [7, 11) is 0. The molecule has 3 aromatic rings. The lowest BCUT2D eigenvalue weighted by Gasteiger charge is -2.12. The number of H-pyrrole nitrogens is 1. The molecular weight excluding hydrogens is 330 g/mol. The lowest BCUT2D eigenvalue weighted by atomic mass is 10.1. The summed E-state index contributed by atoms with van der Waals surface area (Å²) in [5, 5.41) is 6.58. The molecule has 0 radical (unpaired) electrons. The van der Waals surface area contributed by atoms with E-state index < -0.39 is 0 Å². The van der Waals surface area contributed by atoms with Gasteiger partial charge in [-0.2, -0.15) is 5.10 Å². The maximum atomic E-state index is 12.2. The number of carbonyl (C=O) groups excluding carboxylic acids is 2. The Morgan fingerprint density at radius 3 is 2.65 bits per heavy atom. The van der Waals surface area contributed by atoms with Crippen LogP contribution in [0.1, 0.15) is 18.4 Å². The van der Waals surface area contributed by atoms with Gasteiger partial charge in [-0.05, 0) is 48.9 Å². The molecule has 0 saturated heterocycles. The van der Waals surface area contributed by atoms with Crippen LogP contribution in [-0.2, 0) is 9.59 Å². The first-order valence-electron chi connectivity index (χ1n) is 8.32. The van der Waals surface area contributed by atoms with Gasteiger partial charge in [-0.25, -0.2) is 10.4 Å². The average molecular weight is 347 g/mol. The van der Waals surface area contributed by atoms with Crippen molar-refractivity contribution in [2.24, 2.45) is 5.10 Å². The van der Waals surface area contributed by atoms with E-state index >= 15 is 0 Å². The van der Waals surface area contributed by atoms with Crippen LogP contribution in [0.25, 0.3) is 22.4 Å². The summed E-state index contributed by atoms with van der Waals surface area (Å²) in [5.41, 5.74) is 7.32. The number of hydrazone groups is 1. The standard InChI is InChI=1S/C19H17N5O2/c1-11-2-7-14-16(10-11)22-18(21-14)12-3-5-13(6-4-12)20-19(26)15-8-9-17(25)24-23-15/h2-7,10H,8-9H2,1H3,(H,20,26)(H,21,22)(H,24,25). The van der Waals surface area contributed by atoms with Crippen LogP contribution in [-0.4, -0.2) is 27.5 Å². The van der Waals surface area contributed by atoms with Crippen LogP contribution in [0.2, 0.25) is 0 Å². The number of benzene rings is 2. The van der Waals surface area contributed by atoms with Gasteiger partial charge in [0.1, 0.15) is 11.5 Å². The van der Waals surface area contributed by atoms with Gasteiger partial charge in [0.25, 0.3) is 5.91 Å². The quantitative estimate of drug-likeness (QED) is 0.679. The first-order chi connectivity index (χ1) is 12.6. The minimum atomic E-state index is -0.308. The van der Waals surface area contributed by atoms with E-state index in [2.05, 4.69) is 31.9 Å². The van der Waals surface area contributed by atoms with Gasteiger partial charge in [-0.15, -0.1) is 0 Å². The summed E-state index contributed by atoms with van der Waals surface area (Å²) in [4.78, 5) is 31.2. The third-order valence-corrected chi connectivity index (χ3v) is 4.22. The van der Waals surface area contributed by atoms with Crippen molar-refractivity contribution < 1.29 is 9.59 Å². The minimum Gasteiger partial charge on any atom is -0.338 e. The number of fused-ring (bicyclic) bond motifs is 1. The molecule has 1 aromatic heterocycles. The Morgan fingerprint density at radius 2 is 1.92 bits per heavy atom. The van der Waals surface area contributed by atoms with Crippen LogP contribution in [0.15, 0.2) is 47.6 Å². The van der Waals surface area contributed by atoms with Crippen LogP contribution in [0.5, 0.6) is 0 Å². The molecule has 7 nitrogen and oxygen atoms in total. The Balaban J connectivity index is 1.51.